The van der Waals surface area contributed by atoms with Gasteiger partial charge in [-0.1, -0.05) is 42.0 Å². The molecule has 32 heavy (non-hydrogen) atoms. The second-order valence-corrected chi connectivity index (χ2v) is 7.87. The number of H-pyrrole nitrogens is 1. The maximum atomic E-state index is 9.88. The largest absolute Gasteiger partial charge is 0.493 e. The van der Waals surface area contributed by atoms with Crippen LogP contribution >= 0.6 is 0 Å². The van der Waals surface area contributed by atoms with E-state index in [1.807, 2.05) is 36.4 Å². The van der Waals surface area contributed by atoms with Gasteiger partial charge >= 0.3 is 0 Å². The Labute approximate surface area is 188 Å². The predicted octanol–water partition coefficient (Wildman–Crippen LogP) is 6.14. The number of aromatic amines is 1. The van der Waals surface area contributed by atoms with E-state index in [2.05, 4.69) is 55.0 Å². The molecule has 5 nitrogen and oxygen atoms in total. The number of benzene rings is 3. The molecule has 0 saturated heterocycles. The standard InChI is InChI=1S/C27H25N3O2/c1-17-7-5-8-20(11-17)16-32-26-21(9-6-10-25(26)31-4)14-22(15-28)27-29-23-12-18(2)19(3)13-24(23)30-27/h5-14H,16H2,1-4H3,(H,29,30)/b22-14-. The summed E-state index contributed by atoms with van der Waals surface area (Å²) in [6.45, 7) is 6.56. The highest BCUT2D eigenvalue weighted by molar-refractivity contribution is 5.91. The number of hydrogen-bond acceptors (Lipinski definition) is 4. The van der Waals surface area contributed by atoms with Crippen LogP contribution in [0.4, 0.5) is 0 Å². The number of methoxy groups -OCH3 is 1. The Bertz CT molecular complexity index is 1320. The van der Waals surface area contributed by atoms with Gasteiger partial charge < -0.3 is 14.5 Å². The first-order chi connectivity index (χ1) is 15.5. The van der Waals surface area contributed by atoms with Gasteiger partial charge in [-0.15, -0.1) is 0 Å². The highest BCUT2D eigenvalue weighted by Gasteiger charge is 2.14. The van der Waals surface area contributed by atoms with Crippen molar-refractivity contribution >= 4 is 22.7 Å². The lowest BCUT2D eigenvalue weighted by Gasteiger charge is -2.14. The van der Waals surface area contributed by atoms with E-state index in [0.717, 1.165) is 27.7 Å². The molecular weight excluding hydrogens is 398 g/mol. The van der Waals surface area contributed by atoms with Crippen LogP contribution < -0.4 is 9.47 Å². The zero-order chi connectivity index (χ0) is 22.7. The molecule has 0 aliphatic carbocycles. The molecule has 0 amide bonds. The molecule has 5 heteroatoms. The van der Waals surface area contributed by atoms with Crippen LogP contribution in [-0.2, 0) is 6.61 Å². The van der Waals surface area contributed by atoms with E-state index in [9.17, 15) is 5.26 Å². The maximum Gasteiger partial charge on any atom is 0.168 e. The first kappa shape index (κ1) is 21.2. The third-order valence-corrected chi connectivity index (χ3v) is 5.47. The summed E-state index contributed by atoms with van der Waals surface area (Å²) in [5.41, 5.74) is 7.50. The number of rotatable bonds is 6. The third kappa shape index (κ3) is 4.35. The third-order valence-electron chi connectivity index (χ3n) is 5.47. The number of allylic oxidation sites excluding steroid dienone is 1. The molecule has 0 unspecified atom stereocenters. The van der Waals surface area contributed by atoms with Gasteiger partial charge in [0.1, 0.15) is 18.5 Å². The van der Waals surface area contributed by atoms with Gasteiger partial charge in [-0.25, -0.2) is 4.98 Å². The maximum absolute atomic E-state index is 9.88. The zero-order valence-corrected chi connectivity index (χ0v) is 18.7. The van der Waals surface area contributed by atoms with Crippen LogP contribution in [0.5, 0.6) is 11.5 Å². The smallest absolute Gasteiger partial charge is 0.168 e. The van der Waals surface area contributed by atoms with Crippen LogP contribution in [0.2, 0.25) is 0 Å². The highest BCUT2D eigenvalue weighted by atomic mass is 16.5. The number of imidazole rings is 1. The van der Waals surface area contributed by atoms with E-state index in [-0.39, 0.29) is 0 Å². The van der Waals surface area contributed by atoms with E-state index in [1.54, 1.807) is 13.2 Å². The van der Waals surface area contributed by atoms with Crippen molar-refractivity contribution in [3.8, 4) is 17.6 Å². The molecule has 1 aromatic heterocycles. The molecule has 3 aromatic carbocycles. The Morgan fingerprint density at radius 3 is 2.59 bits per heavy atom. The molecule has 0 aliphatic rings. The summed E-state index contributed by atoms with van der Waals surface area (Å²) in [5, 5.41) is 9.88. The van der Waals surface area contributed by atoms with Crippen LogP contribution in [0.1, 0.15) is 33.6 Å². The fourth-order valence-electron chi connectivity index (χ4n) is 3.63. The molecule has 1 N–H and O–H groups in total. The number of hydrogen-bond donors (Lipinski definition) is 1. The van der Waals surface area contributed by atoms with Gasteiger partial charge in [0.05, 0.1) is 23.7 Å². The number of nitriles is 1. The second-order valence-electron chi connectivity index (χ2n) is 7.87. The Kier molecular flexibility index (Phi) is 5.96. The van der Waals surface area contributed by atoms with Crippen molar-refractivity contribution in [2.75, 3.05) is 7.11 Å². The molecule has 4 aromatic rings. The number of fused-ring (bicyclic) bond motifs is 1. The summed E-state index contributed by atoms with van der Waals surface area (Å²) in [6, 6.07) is 20.2. The molecule has 0 bridgehead atoms. The summed E-state index contributed by atoms with van der Waals surface area (Å²) in [7, 11) is 1.61. The van der Waals surface area contributed by atoms with Crippen molar-refractivity contribution in [1.82, 2.24) is 9.97 Å². The molecule has 4 rings (SSSR count). The van der Waals surface area contributed by atoms with Crippen molar-refractivity contribution < 1.29 is 9.47 Å². The minimum Gasteiger partial charge on any atom is -0.493 e. The van der Waals surface area contributed by atoms with Gasteiger partial charge in [-0.3, -0.25) is 0 Å². The second kappa shape index (κ2) is 8.99. The Balaban J connectivity index is 1.72. The van der Waals surface area contributed by atoms with E-state index >= 15 is 0 Å². The number of aromatic nitrogens is 2. The molecule has 1 heterocycles. The quantitative estimate of drug-likeness (QED) is 0.378. The van der Waals surface area contributed by atoms with Crippen LogP contribution in [0.15, 0.2) is 54.6 Å². The normalized spacial score (nSPS) is 11.4. The zero-order valence-electron chi connectivity index (χ0n) is 18.7. The summed E-state index contributed by atoms with van der Waals surface area (Å²) in [6.07, 6.45) is 1.78. The van der Waals surface area contributed by atoms with Gasteiger partial charge in [0.25, 0.3) is 0 Å². The van der Waals surface area contributed by atoms with Gasteiger partial charge in [0, 0.05) is 5.56 Å². The Morgan fingerprint density at radius 2 is 1.84 bits per heavy atom. The van der Waals surface area contributed by atoms with Crippen molar-refractivity contribution in [3.05, 3.63) is 88.2 Å². The minimum absolute atomic E-state index is 0.397. The van der Waals surface area contributed by atoms with E-state index in [4.69, 9.17) is 9.47 Å². The molecule has 0 radical (unpaired) electrons. The van der Waals surface area contributed by atoms with Crippen molar-refractivity contribution in [3.63, 3.8) is 0 Å². The number of ether oxygens (including phenoxy) is 2. The number of aryl methyl sites for hydroxylation is 3. The van der Waals surface area contributed by atoms with E-state index in [1.165, 1.54) is 11.1 Å². The van der Waals surface area contributed by atoms with Crippen molar-refractivity contribution in [2.24, 2.45) is 0 Å². The van der Waals surface area contributed by atoms with Crippen LogP contribution in [0.25, 0.3) is 22.7 Å². The summed E-state index contributed by atoms with van der Waals surface area (Å²) < 4.78 is 11.7. The monoisotopic (exact) mass is 423 g/mol. The molecule has 160 valence electrons. The van der Waals surface area contributed by atoms with Gasteiger partial charge in [-0.05, 0) is 61.7 Å². The van der Waals surface area contributed by atoms with Gasteiger partial charge in [0.2, 0.25) is 0 Å². The van der Waals surface area contributed by atoms with E-state index in [0.29, 0.717) is 29.5 Å². The lowest BCUT2D eigenvalue weighted by Crippen LogP contribution is -2.00. The molecule has 0 spiro atoms. The topological polar surface area (TPSA) is 70.9 Å². The SMILES string of the molecule is COc1cccc(/C=C(/C#N)c2nc3cc(C)c(C)cc3[nH]2)c1OCc1cccc(C)c1. The average Bonchev–Trinajstić information content (AvgIpc) is 3.18. The Hall–Kier alpha value is -4.04. The molecule has 0 saturated carbocycles. The molecule has 0 fully saturated rings. The molecule has 0 aliphatic heterocycles. The van der Waals surface area contributed by atoms with Crippen LogP contribution in [0.3, 0.4) is 0 Å². The highest BCUT2D eigenvalue weighted by Crippen LogP contribution is 2.34. The molecule has 0 atom stereocenters. The first-order valence-electron chi connectivity index (χ1n) is 10.4. The Morgan fingerprint density at radius 1 is 1.06 bits per heavy atom. The molecular formula is C27H25N3O2. The summed E-state index contributed by atoms with van der Waals surface area (Å²) in [5.74, 6) is 1.73. The predicted molar refractivity (Wildman–Crippen MR) is 128 cm³/mol. The summed E-state index contributed by atoms with van der Waals surface area (Å²) >= 11 is 0. The number of nitrogens with zero attached hydrogens (tertiary/aromatic N) is 2. The summed E-state index contributed by atoms with van der Waals surface area (Å²) in [4.78, 5) is 7.91. The lowest BCUT2D eigenvalue weighted by atomic mass is 10.1. The fourth-order valence-corrected chi connectivity index (χ4v) is 3.63. The van der Waals surface area contributed by atoms with Crippen molar-refractivity contribution in [2.45, 2.75) is 27.4 Å². The lowest BCUT2D eigenvalue weighted by molar-refractivity contribution is 0.284. The number of para-hydroxylation sites is 1. The first-order valence-corrected chi connectivity index (χ1v) is 10.4. The van der Waals surface area contributed by atoms with E-state index < -0.39 is 0 Å². The minimum atomic E-state index is 0.397. The van der Waals surface area contributed by atoms with Crippen LogP contribution in [-0.4, -0.2) is 17.1 Å². The number of nitrogens with one attached hydrogen (secondary N) is 1. The van der Waals surface area contributed by atoms with Crippen molar-refractivity contribution in [1.29, 1.82) is 5.26 Å². The average molecular weight is 424 g/mol. The van der Waals surface area contributed by atoms with Gasteiger partial charge in [-0.2, -0.15) is 5.26 Å². The van der Waals surface area contributed by atoms with Crippen LogP contribution in [0, 0.1) is 32.1 Å². The van der Waals surface area contributed by atoms with Gasteiger partial charge in [0.15, 0.2) is 11.5 Å². The fraction of sp³-hybridized carbons (Fsp3) is 0.185.